The van der Waals surface area contributed by atoms with Crippen LogP contribution in [-0.4, -0.2) is 31.8 Å². The molecule has 0 aliphatic carbocycles. The largest absolute Gasteiger partial charge is 0.337 e. The highest BCUT2D eigenvalue weighted by molar-refractivity contribution is 6.03. The summed E-state index contributed by atoms with van der Waals surface area (Å²) in [6.07, 6.45) is 3.76. The lowest BCUT2D eigenvalue weighted by molar-refractivity contribution is 0.0965. The Labute approximate surface area is 264 Å². The number of aromatic nitrogens is 4. The lowest BCUT2D eigenvalue weighted by Crippen LogP contribution is -2.22. The molecule has 0 aliphatic rings. The number of H-pyrrole nitrogens is 2. The van der Waals surface area contributed by atoms with E-state index in [2.05, 4.69) is 20.6 Å². The maximum Gasteiger partial charge on any atom is 0.255 e. The summed E-state index contributed by atoms with van der Waals surface area (Å²) in [6, 6.07) is 41.3. The van der Waals surface area contributed by atoms with E-state index in [0.29, 0.717) is 34.2 Å². The molecule has 0 unspecified atom stereocenters. The number of rotatable bonds is 8. The van der Waals surface area contributed by atoms with Crippen LogP contribution in [0.15, 0.2) is 133 Å². The zero-order valence-corrected chi connectivity index (χ0v) is 24.6. The normalized spacial score (nSPS) is 11.9. The number of nitrogens with zero attached hydrogens (tertiary/aromatic N) is 2. The molecule has 222 valence electrons. The summed E-state index contributed by atoms with van der Waals surface area (Å²) >= 11 is 0. The Bertz CT molecular complexity index is 2000. The van der Waals surface area contributed by atoms with Gasteiger partial charge in [-0.3, -0.25) is 9.59 Å². The monoisotopic (exact) mass is 600 g/mol. The second-order valence-corrected chi connectivity index (χ2v) is 10.6. The van der Waals surface area contributed by atoms with Gasteiger partial charge in [0.2, 0.25) is 0 Å². The average Bonchev–Trinajstić information content (AvgIpc) is 3.74. The summed E-state index contributed by atoms with van der Waals surface area (Å²) in [6.45, 7) is 0. The highest BCUT2D eigenvalue weighted by atomic mass is 16.2. The minimum atomic E-state index is -0.239. The number of carbonyl (C=O) groups is 2. The van der Waals surface area contributed by atoms with Crippen LogP contribution in [0.4, 0.5) is 0 Å². The molecule has 2 heterocycles. The molecule has 0 spiro atoms. The quantitative estimate of drug-likeness (QED) is 0.147. The molecule has 4 N–H and O–H groups in total. The number of carbonyl (C=O) groups excluding carboxylic acids is 2. The number of aromatic amines is 2. The number of hydrogen-bond acceptors (Lipinski definition) is 4. The number of nitrogens with one attached hydrogen (secondary N) is 4. The second-order valence-electron chi connectivity index (χ2n) is 10.6. The highest BCUT2D eigenvalue weighted by Crippen LogP contribution is 2.22. The van der Waals surface area contributed by atoms with Gasteiger partial charge in [-0.15, -0.1) is 0 Å². The summed E-state index contributed by atoms with van der Waals surface area (Å²) < 4.78 is 0. The molecule has 0 saturated heterocycles. The SMILES string of the molecule is O=C(N/C(=C\c1ccc(/C=C(/NC(=O)c2ccccc2)c2nc3ccccc3[nH]2)cc1)c1nc2ccccc2[nH]1)c1ccccc1. The fourth-order valence-corrected chi connectivity index (χ4v) is 5.08. The van der Waals surface area contributed by atoms with Crippen LogP contribution in [0.25, 0.3) is 45.6 Å². The Morgan fingerprint density at radius 1 is 0.478 bits per heavy atom. The van der Waals surface area contributed by atoms with Crippen molar-refractivity contribution in [3.63, 3.8) is 0 Å². The van der Waals surface area contributed by atoms with Crippen LogP contribution in [0.2, 0.25) is 0 Å². The van der Waals surface area contributed by atoms with Gasteiger partial charge in [-0.05, 0) is 71.8 Å². The number of para-hydroxylation sites is 4. The predicted molar refractivity (Wildman–Crippen MR) is 182 cm³/mol. The Hall–Kier alpha value is -6.54. The number of fused-ring (bicyclic) bond motifs is 2. The number of benzene rings is 5. The summed E-state index contributed by atoms with van der Waals surface area (Å²) in [5.74, 6) is 0.614. The predicted octanol–water partition coefficient (Wildman–Crippen LogP) is 7.30. The lowest BCUT2D eigenvalue weighted by atomic mass is 10.1. The van der Waals surface area contributed by atoms with Gasteiger partial charge in [-0.25, -0.2) is 9.97 Å². The summed E-state index contributed by atoms with van der Waals surface area (Å²) in [5, 5.41) is 6.07. The van der Waals surface area contributed by atoms with E-state index >= 15 is 0 Å². The number of hydrogen-bond donors (Lipinski definition) is 4. The zero-order valence-electron chi connectivity index (χ0n) is 24.6. The maximum absolute atomic E-state index is 13.2. The average molecular weight is 601 g/mol. The molecule has 2 aromatic heterocycles. The molecule has 0 atom stereocenters. The van der Waals surface area contributed by atoms with Gasteiger partial charge in [0.15, 0.2) is 11.6 Å². The lowest BCUT2D eigenvalue weighted by Gasteiger charge is -2.10. The van der Waals surface area contributed by atoms with Gasteiger partial charge >= 0.3 is 0 Å². The van der Waals surface area contributed by atoms with Crippen molar-refractivity contribution in [3.05, 3.63) is 167 Å². The molecule has 0 aliphatic heterocycles. The first-order chi connectivity index (χ1) is 22.6. The summed E-state index contributed by atoms with van der Waals surface area (Å²) in [4.78, 5) is 42.4. The van der Waals surface area contributed by atoms with Gasteiger partial charge in [-0.2, -0.15) is 0 Å². The molecule has 46 heavy (non-hydrogen) atoms. The number of amides is 2. The molecule has 2 amide bonds. The zero-order chi connectivity index (χ0) is 31.3. The van der Waals surface area contributed by atoms with Crippen molar-refractivity contribution in [3.8, 4) is 0 Å². The van der Waals surface area contributed by atoms with E-state index in [1.165, 1.54) is 0 Å². The van der Waals surface area contributed by atoms with Crippen LogP contribution in [0.5, 0.6) is 0 Å². The van der Waals surface area contributed by atoms with E-state index in [0.717, 1.165) is 33.2 Å². The first kappa shape index (κ1) is 28.2. The third-order valence-corrected chi connectivity index (χ3v) is 7.42. The fraction of sp³-hybridized carbons (Fsp3) is 0. The van der Waals surface area contributed by atoms with Gasteiger partial charge in [0.05, 0.1) is 33.5 Å². The Morgan fingerprint density at radius 3 is 1.24 bits per heavy atom. The molecule has 0 bridgehead atoms. The molecular weight excluding hydrogens is 572 g/mol. The molecule has 7 rings (SSSR count). The summed E-state index contributed by atoms with van der Waals surface area (Å²) in [5.41, 5.74) is 7.18. The fourth-order valence-electron chi connectivity index (χ4n) is 5.08. The molecular formula is C38H28N6O2. The van der Waals surface area contributed by atoms with Crippen molar-refractivity contribution < 1.29 is 9.59 Å². The number of imidazole rings is 2. The van der Waals surface area contributed by atoms with Gasteiger partial charge in [0, 0.05) is 11.1 Å². The van der Waals surface area contributed by atoms with E-state index in [-0.39, 0.29) is 11.8 Å². The molecule has 0 fully saturated rings. The van der Waals surface area contributed by atoms with Gasteiger partial charge in [0.25, 0.3) is 11.8 Å². The van der Waals surface area contributed by atoms with Crippen molar-refractivity contribution in [2.45, 2.75) is 0 Å². The Kier molecular flexibility index (Phi) is 7.73. The first-order valence-corrected chi connectivity index (χ1v) is 14.8. The van der Waals surface area contributed by atoms with E-state index in [4.69, 9.17) is 9.97 Å². The second kappa shape index (κ2) is 12.6. The smallest absolute Gasteiger partial charge is 0.255 e. The molecule has 7 aromatic rings. The summed E-state index contributed by atoms with van der Waals surface area (Å²) in [7, 11) is 0. The topological polar surface area (TPSA) is 116 Å². The minimum absolute atomic E-state index is 0.239. The first-order valence-electron chi connectivity index (χ1n) is 14.8. The van der Waals surface area contributed by atoms with Crippen LogP contribution in [0, 0.1) is 0 Å². The molecule has 5 aromatic carbocycles. The van der Waals surface area contributed by atoms with Crippen molar-refractivity contribution in [2.75, 3.05) is 0 Å². The van der Waals surface area contributed by atoms with E-state index in [9.17, 15) is 9.59 Å². The van der Waals surface area contributed by atoms with Gasteiger partial charge < -0.3 is 20.6 Å². The molecule has 0 radical (unpaired) electrons. The maximum atomic E-state index is 13.2. The van der Waals surface area contributed by atoms with E-state index in [1.807, 2.05) is 121 Å². The third-order valence-electron chi connectivity index (χ3n) is 7.42. The molecule has 8 heteroatoms. The van der Waals surface area contributed by atoms with Crippen LogP contribution in [0.3, 0.4) is 0 Å². The molecule has 8 nitrogen and oxygen atoms in total. The van der Waals surface area contributed by atoms with Crippen LogP contribution >= 0.6 is 0 Å². The van der Waals surface area contributed by atoms with Crippen LogP contribution in [-0.2, 0) is 0 Å². The van der Waals surface area contributed by atoms with Crippen molar-refractivity contribution >= 4 is 57.4 Å². The van der Waals surface area contributed by atoms with Crippen LogP contribution < -0.4 is 10.6 Å². The van der Waals surface area contributed by atoms with Crippen LogP contribution in [0.1, 0.15) is 43.5 Å². The van der Waals surface area contributed by atoms with Crippen molar-refractivity contribution in [1.82, 2.24) is 30.6 Å². The molecule has 0 saturated carbocycles. The van der Waals surface area contributed by atoms with E-state index in [1.54, 1.807) is 24.3 Å². The minimum Gasteiger partial charge on any atom is -0.337 e. The van der Waals surface area contributed by atoms with Crippen molar-refractivity contribution in [1.29, 1.82) is 0 Å². The standard InChI is InChI=1S/C38H28N6O2/c45-37(27-11-3-1-4-12-27)43-33(35-39-29-15-7-8-16-30(29)40-35)23-25-19-21-26(22-20-25)24-34(44-38(46)28-13-5-2-6-14-28)36-41-31-17-9-10-18-32(31)42-36/h1-24H,(H,39,40)(H,41,42)(H,43,45)(H,44,46)/b33-23-,34-24+. The highest BCUT2D eigenvalue weighted by Gasteiger charge is 2.15. The van der Waals surface area contributed by atoms with Gasteiger partial charge in [-0.1, -0.05) is 84.9 Å². The Morgan fingerprint density at radius 2 is 0.848 bits per heavy atom. The van der Waals surface area contributed by atoms with Gasteiger partial charge in [0.1, 0.15) is 0 Å². The Balaban J connectivity index is 1.22. The van der Waals surface area contributed by atoms with Crippen molar-refractivity contribution in [2.24, 2.45) is 0 Å². The van der Waals surface area contributed by atoms with E-state index < -0.39 is 0 Å². The third kappa shape index (κ3) is 6.22.